The van der Waals surface area contributed by atoms with Crippen LogP contribution in [-0.2, 0) is 16.9 Å². The minimum atomic E-state index is -3.34. The Hall–Kier alpha value is -2.01. The molecule has 1 saturated heterocycles. The minimum absolute atomic E-state index is 0.0407. The topological polar surface area (TPSA) is 105 Å². The number of carbonyl (C=O) groups is 1. The van der Waals surface area contributed by atoms with Crippen molar-refractivity contribution in [1.82, 2.24) is 14.5 Å². The van der Waals surface area contributed by atoms with Crippen LogP contribution in [0.2, 0.25) is 5.02 Å². The van der Waals surface area contributed by atoms with Gasteiger partial charge in [-0.1, -0.05) is 11.6 Å². The highest BCUT2D eigenvalue weighted by molar-refractivity contribution is 7.92. The second-order valence-corrected chi connectivity index (χ2v) is 13.2. The molecule has 1 aromatic heterocycles. The summed E-state index contributed by atoms with van der Waals surface area (Å²) in [5.74, 6) is -0.426. The second kappa shape index (κ2) is 8.83. The number of fused-ring (bicyclic) bond motifs is 1. The standard InChI is InChI=1S/C24H30ClFN4O4S/c1-29-5-6-35(33,34)20(12-29)24(32)10-15-7-14(8-16(15)11-24)21-22(30(2)13-27-21)23(31)28-17-3-4-19(26)18(25)9-17/h3-4,9,13-16,20,32H,5-8,10-12H2,1-2H3,(H,28,31). The molecule has 35 heavy (non-hydrogen) atoms. The molecule has 3 aliphatic rings. The van der Waals surface area contributed by atoms with Gasteiger partial charge >= 0.3 is 0 Å². The largest absolute Gasteiger partial charge is 0.388 e. The lowest BCUT2D eigenvalue weighted by Gasteiger charge is -2.39. The molecule has 3 unspecified atom stereocenters. The molecule has 190 valence electrons. The van der Waals surface area contributed by atoms with E-state index in [4.69, 9.17) is 11.6 Å². The van der Waals surface area contributed by atoms with Gasteiger partial charge in [-0.05, 0) is 62.8 Å². The first-order chi connectivity index (χ1) is 16.5. The lowest BCUT2D eigenvalue weighted by Crippen LogP contribution is -2.56. The lowest BCUT2D eigenvalue weighted by molar-refractivity contribution is 0.0234. The van der Waals surface area contributed by atoms with Crippen molar-refractivity contribution >= 4 is 33.0 Å². The molecule has 11 heteroatoms. The van der Waals surface area contributed by atoms with Crippen molar-refractivity contribution in [2.75, 3.05) is 31.2 Å². The Bertz CT molecular complexity index is 1250. The van der Waals surface area contributed by atoms with Crippen LogP contribution in [0.5, 0.6) is 0 Å². The van der Waals surface area contributed by atoms with Crippen LogP contribution in [0.1, 0.15) is 47.8 Å². The maximum absolute atomic E-state index is 13.5. The highest BCUT2D eigenvalue weighted by atomic mass is 35.5. The van der Waals surface area contributed by atoms with Crippen molar-refractivity contribution in [1.29, 1.82) is 0 Å². The third-order valence-electron chi connectivity index (χ3n) is 8.08. The van der Waals surface area contributed by atoms with E-state index in [0.29, 0.717) is 43.0 Å². The summed E-state index contributed by atoms with van der Waals surface area (Å²) in [5.41, 5.74) is 0.309. The highest BCUT2D eigenvalue weighted by Crippen LogP contribution is 2.55. The third-order valence-corrected chi connectivity index (χ3v) is 10.6. The van der Waals surface area contributed by atoms with Crippen LogP contribution in [0.4, 0.5) is 10.1 Å². The summed E-state index contributed by atoms with van der Waals surface area (Å²) in [6, 6.07) is 4.01. The van der Waals surface area contributed by atoms with Crippen LogP contribution >= 0.6 is 11.6 Å². The molecular weight excluding hydrogens is 495 g/mol. The van der Waals surface area contributed by atoms with Gasteiger partial charge < -0.3 is 19.9 Å². The van der Waals surface area contributed by atoms with E-state index in [0.717, 1.165) is 12.8 Å². The van der Waals surface area contributed by atoms with E-state index in [2.05, 4.69) is 10.3 Å². The van der Waals surface area contributed by atoms with Gasteiger partial charge in [0.05, 0.1) is 28.4 Å². The Kier molecular flexibility index (Phi) is 6.22. The normalized spacial score (nSPS) is 32.5. The maximum Gasteiger partial charge on any atom is 0.274 e. The number of rotatable bonds is 4. The Morgan fingerprint density at radius 3 is 2.60 bits per heavy atom. The first-order valence-electron chi connectivity index (χ1n) is 11.9. The van der Waals surface area contributed by atoms with E-state index < -0.39 is 26.5 Å². The van der Waals surface area contributed by atoms with Crippen molar-refractivity contribution in [2.45, 2.75) is 42.5 Å². The van der Waals surface area contributed by atoms with Gasteiger partial charge in [0.15, 0.2) is 9.84 Å². The zero-order valence-corrected chi connectivity index (χ0v) is 21.3. The number of halogens is 2. The molecule has 1 aromatic carbocycles. The number of aliphatic hydroxyl groups is 1. The predicted octanol–water partition coefficient (Wildman–Crippen LogP) is 2.83. The van der Waals surface area contributed by atoms with E-state index in [1.807, 2.05) is 11.9 Å². The summed E-state index contributed by atoms with van der Waals surface area (Å²) in [4.78, 5) is 19.6. The van der Waals surface area contributed by atoms with Gasteiger partial charge in [0, 0.05) is 31.7 Å². The number of amides is 1. The van der Waals surface area contributed by atoms with Gasteiger partial charge in [-0.3, -0.25) is 4.79 Å². The number of aromatic nitrogens is 2. The fourth-order valence-corrected chi connectivity index (χ4v) is 8.77. The summed E-state index contributed by atoms with van der Waals surface area (Å²) < 4.78 is 40.7. The fraction of sp³-hybridized carbons (Fsp3) is 0.583. The summed E-state index contributed by atoms with van der Waals surface area (Å²) in [6.45, 7) is 0.859. The Labute approximate surface area is 209 Å². The molecule has 0 spiro atoms. The summed E-state index contributed by atoms with van der Waals surface area (Å²) in [7, 11) is 0.307. The molecule has 2 N–H and O–H groups in total. The molecule has 3 atom stereocenters. The van der Waals surface area contributed by atoms with E-state index in [1.165, 1.54) is 18.2 Å². The second-order valence-electron chi connectivity index (χ2n) is 10.5. The number of nitrogens with one attached hydrogen (secondary N) is 1. The summed E-state index contributed by atoms with van der Waals surface area (Å²) >= 11 is 5.84. The highest BCUT2D eigenvalue weighted by Gasteiger charge is 2.56. The van der Waals surface area contributed by atoms with Crippen LogP contribution in [0, 0.1) is 17.7 Å². The van der Waals surface area contributed by atoms with Crippen LogP contribution in [0.25, 0.3) is 0 Å². The van der Waals surface area contributed by atoms with E-state index in [-0.39, 0.29) is 34.4 Å². The van der Waals surface area contributed by atoms with Gasteiger partial charge in [0.1, 0.15) is 16.8 Å². The SMILES string of the molecule is CN1CCS(=O)(=O)C(C2(O)CC3CC(c4ncn(C)c4C(=O)Nc4ccc(F)c(Cl)c4)CC3C2)C1. The van der Waals surface area contributed by atoms with E-state index in [1.54, 1.807) is 17.9 Å². The number of sulfone groups is 1. The Morgan fingerprint density at radius 2 is 1.94 bits per heavy atom. The van der Waals surface area contributed by atoms with Gasteiger partial charge in [-0.25, -0.2) is 17.8 Å². The molecule has 0 bridgehead atoms. The van der Waals surface area contributed by atoms with Gasteiger partial charge in [0.25, 0.3) is 5.91 Å². The molecule has 5 rings (SSSR count). The average Bonchev–Trinajstić information content (AvgIpc) is 3.43. The number of nitrogens with zero attached hydrogens (tertiary/aromatic N) is 3. The van der Waals surface area contributed by atoms with Crippen LogP contribution < -0.4 is 5.32 Å². The summed E-state index contributed by atoms with van der Waals surface area (Å²) in [6.07, 6.45) is 4.00. The predicted molar refractivity (Wildman–Crippen MR) is 131 cm³/mol. The molecule has 2 aromatic rings. The van der Waals surface area contributed by atoms with Crippen molar-refractivity contribution < 1.29 is 22.7 Å². The number of hydrogen-bond acceptors (Lipinski definition) is 6. The monoisotopic (exact) mass is 524 g/mol. The molecule has 2 heterocycles. The molecule has 8 nitrogen and oxygen atoms in total. The van der Waals surface area contributed by atoms with Gasteiger partial charge in [-0.2, -0.15) is 0 Å². The number of aryl methyl sites for hydroxylation is 1. The zero-order valence-electron chi connectivity index (χ0n) is 19.7. The smallest absolute Gasteiger partial charge is 0.274 e. The van der Waals surface area contributed by atoms with Crippen molar-refractivity contribution in [3.05, 3.63) is 46.8 Å². The Balaban J connectivity index is 1.31. The molecular formula is C24H30ClFN4O4S. The van der Waals surface area contributed by atoms with Crippen molar-refractivity contribution in [3.63, 3.8) is 0 Å². The number of imidazole rings is 1. The van der Waals surface area contributed by atoms with Crippen LogP contribution in [0.3, 0.4) is 0 Å². The number of benzene rings is 1. The summed E-state index contributed by atoms with van der Waals surface area (Å²) in [5, 5.41) is 13.4. The Morgan fingerprint density at radius 1 is 1.26 bits per heavy atom. The molecule has 1 amide bonds. The van der Waals surface area contributed by atoms with E-state index >= 15 is 0 Å². The van der Waals surface area contributed by atoms with Crippen molar-refractivity contribution in [3.8, 4) is 0 Å². The molecule has 1 aliphatic heterocycles. The van der Waals surface area contributed by atoms with Gasteiger partial charge in [0.2, 0.25) is 0 Å². The fourth-order valence-electron chi connectivity index (χ4n) is 6.39. The first-order valence-corrected chi connectivity index (χ1v) is 14.0. The number of carbonyl (C=O) groups excluding carboxylic acids is 1. The minimum Gasteiger partial charge on any atom is -0.388 e. The zero-order chi connectivity index (χ0) is 25.1. The maximum atomic E-state index is 13.5. The molecule has 2 aliphatic carbocycles. The van der Waals surface area contributed by atoms with Crippen molar-refractivity contribution in [2.24, 2.45) is 18.9 Å². The van der Waals surface area contributed by atoms with Gasteiger partial charge in [-0.15, -0.1) is 0 Å². The first kappa shape index (κ1) is 24.7. The third kappa shape index (κ3) is 4.50. The average molecular weight is 525 g/mol. The number of anilines is 1. The van der Waals surface area contributed by atoms with Crippen LogP contribution in [-0.4, -0.2) is 70.6 Å². The van der Waals surface area contributed by atoms with E-state index in [9.17, 15) is 22.7 Å². The lowest BCUT2D eigenvalue weighted by atomic mass is 9.89. The molecule has 3 fully saturated rings. The molecule has 2 saturated carbocycles. The quantitative estimate of drug-likeness (QED) is 0.637. The van der Waals surface area contributed by atoms with Crippen LogP contribution in [0.15, 0.2) is 24.5 Å². The number of hydrogen-bond donors (Lipinski definition) is 2. The molecule has 0 radical (unpaired) electrons.